The van der Waals surface area contributed by atoms with Gasteiger partial charge in [-0.05, 0) is 61.6 Å². The van der Waals surface area contributed by atoms with Gasteiger partial charge in [-0.3, -0.25) is 4.79 Å². The minimum atomic E-state index is -3.45. The number of carbonyl (C=O) groups is 1. The first-order valence-electron chi connectivity index (χ1n) is 8.54. The molecule has 4 nitrogen and oxygen atoms in total. The van der Waals surface area contributed by atoms with E-state index < -0.39 is 9.84 Å². The third-order valence-electron chi connectivity index (χ3n) is 4.81. The van der Waals surface area contributed by atoms with E-state index in [-0.39, 0.29) is 18.1 Å². The summed E-state index contributed by atoms with van der Waals surface area (Å²) in [6, 6.07) is 13.0. The van der Waals surface area contributed by atoms with Gasteiger partial charge in [-0.25, -0.2) is 8.42 Å². The summed E-state index contributed by atoms with van der Waals surface area (Å²) in [6.45, 7) is 1.98. The standard InChI is InChI=1S/C20H23NO3S/c1-15-6-9-18(10-7-15)21(2)20(22)12-13-25(23,24)19-11-8-16-4-3-5-17(16)14-19/h6-11,14H,3-5,12-13H2,1-2H3. The van der Waals surface area contributed by atoms with Crippen LogP contribution >= 0.6 is 0 Å². The first-order valence-corrected chi connectivity index (χ1v) is 10.2. The van der Waals surface area contributed by atoms with Crippen LogP contribution in [0.1, 0.15) is 29.5 Å². The minimum Gasteiger partial charge on any atom is -0.315 e. The molecule has 0 fully saturated rings. The second-order valence-electron chi connectivity index (χ2n) is 6.64. The van der Waals surface area contributed by atoms with Crippen LogP contribution in [0.5, 0.6) is 0 Å². The molecule has 5 heteroatoms. The molecule has 0 heterocycles. The molecule has 2 aromatic rings. The Kier molecular flexibility index (Phi) is 4.95. The van der Waals surface area contributed by atoms with Crippen LogP contribution in [0.3, 0.4) is 0 Å². The van der Waals surface area contributed by atoms with Crippen LogP contribution in [0.2, 0.25) is 0 Å². The Labute approximate surface area is 149 Å². The molecule has 0 aromatic heterocycles. The second kappa shape index (κ2) is 7.00. The highest BCUT2D eigenvalue weighted by Gasteiger charge is 2.21. The van der Waals surface area contributed by atoms with Crippen molar-refractivity contribution < 1.29 is 13.2 Å². The molecule has 0 atom stereocenters. The Balaban J connectivity index is 1.67. The van der Waals surface area contributed by atoms with Gasteiger partial charge in [0.2, 0.25) is 5.91 Å². The largest absolute Gasteiger partial charge is 0.315 e. The Hall–Kier alpha value is -2.14. The number of amides is 1. The number of carbonyl (C=O) groups excluding carboxylic acids is 1. The molecule has 0 N–H and O–H groups in total. The van der Waals surface area contributed by atoms with E-state index >= 15 is 0 Å². The van der Waals surface area contributed by atoms with Gasteiger partial charge >= 0.3 is 0 Å². The zero-order valence-electron chi connectivity index (χ0n) is 14.7. The van der Waals surface area contributed by atoms with Crippen LogP contribution in [0.25, 0.3) is 0 Å². The number of nitrogens with zero attached hydrogens (tertiary/aromatic N) is 1. The fourth-order valence-electron chi connectivity index (χ4n) is 3.16. The van der Waals surface area contributed by atoms with Crippen molar-refractivity contribution in [1.82, 2.24) is 0 Å². The van der Waals surface area contributed by atoms with Crippen molar-refractivity contribution in [1.29, 1.82) is 0 Å². The molecule has 132 valence electrons. The van der Waals surface area contributed by atoms with Crippen molar-refractivity contribution in [3.05, 3.63) is 59.2 Å². The quantitative estimate of drug-likeness (QED) is 0.825. The predicted molar refractivity (Wildman–Crippen MR) is 99.7 cm³/mol. The number of sulfone groups is 1. The SMILES string of the molecule is Cc1ccc(N(C)C(=O)CCS(=O)(=O)c2ccc3c(c2)CCC3)cc1. The van der Waals surface area contributed by atoms with Gasteiger partial charge in [0, 0.05) is 19.2 Å². The van der Waals surface area contributed by atoms with Gasteiger partial charge in [-0.2, -0.15) is 0 Å². The highest BCUT2D eigenvalue weighted by Crippen LogP contribution is 2.25. The van der Waals surface area contributed by atoms with Crippen molar-refractivity contribution in [2.45, 2.75) is 37.5 Å². The summed E-state index contributed by atoms with van der Waals surface area (Å²) >= 11 is 0. The molecule has 3 rings (SSSR count). The third kappa shape index (κ3) is 3.93. The number of rotatable bonds is 5. The lowest BCUT2D eigenvalue weighted by Crippen LogP contribution is -2.28. The molecule has 0 unspecified atom stereocenters. The predicted octanol–water partition coefficient (Wildman–Crippen LogP) is 3.31. The summed E-state index contributed by atoms with van der Waals surface area (Å²) in [5.41, 5.74) is 4.26. The average molecular weight is 357 g/mol. The van der Waals surface area contributed by atoms with E-state index in [9.17, 15) is 13.2 Å². The van der Waals surface area contributed by atoms with Gasteiger partial charge in [0.15, 0.2) is 9.84 Å². The molecule has 25 heavy (non-hydrogen) atoms. The first kappa shape index (κ1) is 17.7. The van der Waals surface area contributed by atoms with Crippen molar-refractivity contribution in [3.8, 4) is 0 Å². The Morgan fingerprint density at radius 3 is 2.44 bits per heavy atom. The maximum Gasteiger partial charge on any atom is 0.227 e. The Bertz CT molecular complexity index is 886. The van der Waals surface area contributed by atoms with Crippen LogP contribution in [0.15, 0.2) is 47.4 Å². The van der Waals surface area contributed by atoms with Crippen LogP contribution in [0.4, 0.5) is 5.69 Å². The summed E-state index contributed by atoms with van der Waals surface area (Å²) in [5, 5.41) is 0. The number of benzene rings is 2. The van der Waals surface area contributed by atoms with E-state index in [0.29, 0.717) is 4.90 Å². The summed E-state index contributed by atoms with van der Waals surface area (Å²) in [6.07, 6.45) is 3.02. The van der Waals surface area contributed by atoms with E-state index in [1.165, 1.54) is 10.5 Å². The van der Waals surface area contributed by atoms with Crippen molar-refractivity contribution in [2.75, 3.05) is 17.7 Å². The lowest BCUT2D eigenvalue weighted by atomic mass is 10.1. The third-order valence-corrected chi connectivity index (χ3v) is 6.52. The highest BCUT2D eigenvalue weighted by atomic mass is 32.2. The molecule has 2 aromatic carbocycles. The van der Waals surface area contributed by atoms with Gasteiger partial charge in [0.1, 0.15) is 0 Å². The molecule has 1 aliphatic carbocycles. The van der Waals surface area contributed by atoms with Crippen molar-refractivity contribution in [3.63, 3.8) is 0 Å². The molecule has 0 saturated carbocycles. The summed E-state index contributed by atoms with van der Waals surface area (Å²) in [7, 11) is -1.77. The van der Waals surface area contributed by atoms with E-state index in [1.54, 1.807) is 19.2 Å². The number of hydrogen-bond acceptors (Lipinski definition) is 3. The number of aryl methyl sites for hydroxylation is 3. The van der Waals surface area contributed by atoms with Gasteiger partial charge in [0.05, 0.1) is 10.6 Å². The van der Waals surface area contributed by atoms with E-state index in [0.717, 1.165) is 36.1 Å². The van der Waals surface area contributed by atoms with Gasteiger partial charge in [-0.15, -0.1) is 0 Å². The lowest BCUT2D eigenvalue weighted by Gasteiger charge is -2.17. The van der Waals surface area contributed by atoms with Crippen LogP contribution < -0.4 is 4.90 Å². The maximum atomic E-state index is 12.6. The molecular weight excluding hydrogens is 334 g/mol. The fraction of sp³-hybridized carbons (Fsp3) is 0.350. The molecule has 1 aliphatic rings. The molecule has 0 aliphatic heterocycles. The molecule has 0 radical (unpaired) electrons. The van der Waals surface area contributed by atoms with Gasteiger partial charge < -0.3 is 4.90 Å². The van der Waals surface area contributed by atoms with Gasteiger partial charge in [0.25, 0.3) is 0 Å². The minimum absolute atomic E-state index is 0.0240. The summed E-state index contributed by atoms with van der Waals surface area (Å²) in [4.78, 5) is 14.2. The number of fused-ring (bicyclic) bond motifs is 1. The summed E-state index contributed by atoms with van der Waals surface area (Å²) < 4.78 is 25.1. The topological polar surface area (TPSA) is 54.5 Å². The Morgan fingerprint density at radius 1 is 1.04 bits per heavy atom. The van der Waals surface area contributed by atoms with Crippen molar-refractivity contribution >= 4 is 21.4 Å². The number of anilines is 1. The molecule has 0 saturated heterocycles. The molecular formula is C20H23NO3S. The van der Waals surface area contributed by atoms with E-state index in [1.807, 2.05) is 37.3 Å². The molecule has 0 bridgehead atoms. The van der Waals surface area contributed by atoms with E-state index in [2.05, 4.69) is 0 Å². The average Bonchev–Trinajstić information content (AvgIpc) is 3.07. The van der Waals surface area contributed by atoms with Crippen LogP contribution in [-0.2, 0) is 27.5 Å². The molecule has 1 amide bonds. The van der Waals surface area contributed by atoms with Crippen molar-refractivity contribution in [2.24, 2.45) is 0 Å². The Morgan fingerprint density at radius 2 is 1.72 bits per heavy atom. The summed E-state index contributed by atoms with van der Waals surface area (Å²) in [5.74, 6) is -0.366. The van der Waals surface area contributed by atoms with Crippen LogP contribution in [0, 0.1) is 6.92 Å². The second-order valence-corrected chi connectivity index (χ2v) is 8.75. The van der Waals surface area contributed by atoms with E-state index in [4.69, 9.17) is 0 Å². The zero-order chi connectivity index (χ0) is 18.0. The fourth-order valence-corrected chi connectivity index (χ4v) is 4.44. The van der Waals surface area contributed by atoms with Gasteiger partial charge in [-0.1, -0.05) is 23.8 Å². The van der Waals surface area contributed by atoms with Crippen LogP contribution in [-0.4, -0.2) is 27.1 Å². The molecule has 0 spiro atoms. The zero-order valence-corrected chi connectivity index (χ0v) is 15.5. The normalized spacial score (nSPS) is 13.5. The smallest absolute Gasteiger partial charge is 0.227 e. The monoisotopic (exact) mass is 357 g/mol. The lowest BCUT2D eigenvalue weighted by molar-refractivity contribution is -0.117. The number of hydrogen-bond donors (Lipinski definition) is 0. The highest BCUT2D eigenvalue weighted by molar-refractivity contribution is 7.91. The maximum absolute atomic E-state index is 12.6. The first-order chi connectivity index (χ1) is 11.9.